The van der Waals surface area contributed by atoms with E-state index in [9.17, 15) is 13.2 Å². The summed E-state index contributed by atoms with van der Waals surface area (Å²) in [6, 6.07) is 2.58. The van der Waals surface area contributed by atoms with E-state index in [1.54, 1.807) is 0 Å². The SMILES string of the molecule is O=c1[nH]cc(S(=O)(=O)Nc2ccncc2Br)cc1Cl. The van der Waals surface area contributed by atoms with Crippen LogP contribution in [0, 0.1) is 0 Å². The number of H-pyrrole nitrogens is 1. The zero-order chi connectivity index (χ0) is 14.0. The Bertz CT molecular complexity index is 776. The van der Waals surface area contributed by atoms with Crippen molar-refractivity contribution < 1.29 is 8.42 Å². The van der Waals surface area contributed by atoms with Crippen LogP contribution in [-0.4, -0.2) is 18.4 Å². The fourth-order valence-corrected chi connectivity index (χ4v) is 3.04. The van der Waals surface area contributed by atoms with E-state index in [0.717, 1.165) is 12.3 Å². The van der Waals surface area contributed by atoms with Gasteiger partial charge in [0, 0.05) is 18.6 Å². The second kappa shape index (κ2) is 5.32. The molecular weight excluding hydrogens is 358 g/mol. The quantitative estimate of drug-likeness (QED) is 0.871. The van der Waals surface area contributed by atoms with Gasteiger partial charge in [-0.3, -0.25) is 14.5 Å². The first-order valence-corrected chi connectivity index (χ1v) is 7.56. The van der Waals surface area contributed by atoms with E-state index < -0.39 is 15.6 Å². The maximum atomic E-state index is 12.1. The van der Waals surface area contributed by atoms with Crippen LogP contribution in [0.1, 0.15) is 0 Å². The molecule has 0 aliphatic rings. The van der Waals surface area contributed by atoms with Crippen molar-refractivity contribution in [1.29, 1.82) is 0 Å². The number of aromatic nitrogens is 2. The lowest BCUT2D eigenvalue weighted by Gasteiger charge is -2.09. The predicted octanol–water partition coefficient (Wildman–Crippen LogP) is 1.99. The van der Waals surface area contributed by atoms with Crippen LogP contribution in [0.25, 0.3) is 0 Å². The van der Waals surface area contributed by atoms with E-state index in [4.69, 9.17) is 11.6 Å². The van der Waals surface area contributed by atoms with Crippen molar-refractivity contribution >= 4 is 43.2 Å². The first kappa shape index (κ1) is 14.0. The van der Waals surface area contributed by atoms with Gasteiger partial charge in [0.1, 0.15) is 9.92 Å². The van der Waals surface area contributed by atoms with Crippen molar-refractivity contribution in [3.05, 3.63) is 50.6 Å². The molecule has 0 fully saturated rings. The fourth-order valence-electron chi connectivity index (χ4n) is 1.25. The number of aromatic amines is 1. The van der Waals surface area contributed by atoms with Gasteiger partial charge >= 0.3 is 0 Å². The molecule has 0 amide bonds. The molecule has 0 aromatic carbocycles. The molecule has 0 aliphatic heterocycles. The summed E-state index contributed by atoms with van der Waals surface area (Å²) in [7, 11) is -3.84. The Labute approximate surface area is 122 Å². The number of nitrogens with zero attached hydrogens (tertiary/aromatic N) is 1. The Morgan fingerprint density at radius 1 is 1.42 bits per heavy atom. The summed E-state index contributed by atoms with van der Waals surface area (Å²) in [5.41, 5.74) is -0.219. The molecule has 19 heavy (non-hydrogen) atoms. The van der Waals surface area contributed by atoms with Gasteiger partial charge in [0.15, 0.2) is 0 Å². The minimum Gasteiger partial charge on any atom is -0.326 e. The Hall–Kier alpha value is -1.38. The van der Waals surface area contributed by atoms with E-state index in [2.05, 4.69) is 30.6 Å². The van der Waals surface area contributed by atoms with Gasteiger partial charge in [-0.15, -0.1) is 0 Å². The molecule has 2 aromatic rings. The number of rotatable bonds is 3. The largest absolute Gasteiger partial charge is 0.326 e. The zero-order valence-electron chi connectivity index (χ0n) is 9.22. The Balaban J connectivity index is 2.41. The standard InChI is InChI=1S/C10H7BrClN3O3S/c11-7-5-13-2-1-9(7)15-19(17,18)6-3-8(12)10(16)14-4-6/h1-5H,(H,13,15)(H,14,16). The summed E-state index contributed by atoms with van der Waals surface area (Å²) >= 11 is 8.77. The lowest BCUT2D eigenvalue weighted by molar-refractivity contribution is 0.600. The monoisotopic (exact) mass is 363 g/mol. The number of anilines is 1. The van der Waals surface area contributed by atoms with Crippen LogP contribution < -0.4 is 10.3 Å². The van der Waals surface area contributed by atoms with Crippen molar-refractivity contribution in [3.63, 3.8) is 0 Å². The number of pyridine rings is 2. The predicted molar refractivity (Wildman–Crippen MR) is 74.8 cm³/mol. The van der Waals surface area contributed by atoms with Crippen molar-refractivity contribution in [2.45, 2.75) is 4.90 Å². The maximum absolute atomic E-state index is 12.1. The average Bonchev–Trinajstić information content (AvgIpc) is 2.35. The summed E-state index contributed by atoms with van der Waals surface area (Å²) in [6.07, 6.45) is 3.98. The van der Waals surface area contributed by atoms with Gasteiger partial charge in [-0.1, -0.05) is 11.6 Å². The normalized spacial score (nSPS) is 11.3. The number of hydrogen-bond donors (Lipinski definition) is 2. The summed E-state index contributed by atoms with van der Waals surface area (Å²) in [6.45, 7) is 0. The summed E-state index contributed by atoms with van der Waals surface area (Å²) < 4.78 is 27.0. The highest BCUT2D eigenvalue weighted by molar-refractivity contribution is 9.10. The minimum atomic E-state index is -3.84. The molecule has 2 heterocycles. The van der Waals surface area contributed by atoms with Gasteiger partial charge in [-0.2, -0.15) is 0 Å². The Morgan fingerprint density at radius 3 is 2.79 bits per heavy atom. The van der Waals surface area contributed by atoms with Gasteiger partial charge in [-0.25, -0.2) is 8.42 Å². The summed E-state index contributed by atoms with van der Waals surface area (Å²) in [5.74, 6) is 0. The van der Waals surface area contributed by atoms with Gasteiger partial charge < -0.3 is 4.98 Å². The highest BCUT2D eigenvalue weighted by atomic mass is 79.9. The Morgan fingerprint density at radius 2 is 2.16 bits per heavy atom. The van der Waals surface area contributed by atoms with Crippen molar-refractivity contribution in [2.75, 3.05) is 4.72 Å². The molecule has 0 bridgehead atoms. The van der Waals surface area contributed by atoms with Crippen LogP contribution in [0.2, 0.25) is 5.02 Å². The molecule has 2 aromatic heterocycles. The van der Waals surface area contributed by atoms with E-state index in [-0.39, 0.29) is 9.92 Å². The molecule has 0 aliphatic carbocycles. The third kappa shape index (κ3) is 3.14. The van der Waals surface area contributed by atoms with Gasteiger partial charge in [0.25, 0.3) is 15.6 Å². The number of nitrogens with one attached hydrogen (secondary N) is 2. The molecule has 0 unspecified atom stereocenters. The second-order valence-corrected chi connectivity index (χ2v) is 6.42. The van der Waals surface area contributed by atoms with Crippen molar-refractivity contribution in [3.8, 4) is 0 Å². The molecule has 2 rings (SSSR count). The van der Waals surface area contributed by atoms with Crippen LogP contribution in [0.4, 0.5) is 5.69 Å². The summed E-state index contributed by atoms with van der Waals surface area (Å²) in [5, 5.41) is -0.198. The number of hydrogen-bond acceptors (Lipinski definition) is 4. The first-order valence-electron chi connectivity index (χ1n) is 4.91. The van der Waals surface area contributed by atoms with Crippen molar-refractivity contribution in [1.82, 2.24) is 9.97 Å². The lowest BCUT2D eigenvalue weighted by Crippen LogP contribution is -2.16. The first-order chi connectivity index (χ1) is 8.90. The highest BCUT2D eigenvalue weighted by Crippen LogP contribution is 2.23. The van der Waals surface area contributed by atoms with Crippen molar-refractivity contribution in [2.24, 2.45) is 0 Å². The van der Waals surface area contributed by atoms with Gasteiger partial charge in [0.2, 0.25) is 0 Å². The molecule has 100 valence electrons. The summed E-state index contributed by atoms with van der Waals surface area (Å²) in [4.78, 5) is 17.0. The third-order valence-electron chi connectivity index (χ3n) is 2.16. The second-order valence-electron chi connectivity index (χ2n) is 3.47. The van der Waals surface area contributed by atoms with E-state index >= 15 is 0 Å². The van der Waals surface area contributed by atoms with Crippen LogP contribution in [-0.2, 0) is 10.0 Å². The molecular formula is C10H7BrClN3O3S. The molecule has 9 heteroatoms. The zero-order valence-corrected chi connectivity index (χ0v) is 12.4. The molecule has 2 N–H and O–H groups in total. The maximum Gasteiger partial charge on any atom is 0.266 e. The van der Waals surface area contributed by atoms with Gasteiger partial charge in [0.05, 0.1) is 10.2 Å². The molecule has 0 saturated carbocycles. The van der Waals surface area contributed by atoms with E-state index in [1.165, 1.54) is 18.5 Å². The van der Waals surface area contributed by atoms with E-state index in [0.29, 0.717) is 10.2 Å². The smallest absolute Gasteiger partial charge is 0.266 e. The minimum absolute atomic E-state index is 0.138. The number of sulfonamides is 1. The molecule has 0 saturated heterocycles. The molecule has 0 atom stereocenters. The number of halogens is 2. The highest BCUT2D eigenvalue weighted by Gasteiger charge is 2.17. The third-order valence-corrected chi connectivity index (χ3v) is 4.42. The van der Waals surface area contributed by atoms with Crippen LogP contribution in [0.15, 0.2) is 44.9 Å². The van der Waals surface area contributed by atoms with Crippen LogP contribution >= 0.6 is 27.5 Å². The Kier molecular flexibility index (Phi) is 3.93. The molecule has 6 nitrogen and oxygen atoms in total. The molecule has 0 radical (unpaired) electrons. The fraction of sp³-hybridized carbons (Fsp3) is 0. The average molecular weight is 365 g/mol. The topological polar surface area (TPSA) is 91.9 Å². The lowest BCUT2D eigenvalue weighted by atomic mass is 10.4. The van der Waals surface area contributed by atoms with Crippen LogP contribution in [0.5, 0.6) is 0 Å². The van der Waals surface area contributed by atoms with Gasteiger partial charge in [-0.05, 0) is 28.1 Å². The van der Waals surface area contributed by atoms with E-state index in [1.807, 2.05) is 0 Å². The molecule has 0 spiro atoms. The van der Waals surface area contributed by atoms with Crippen LogP contribution in [0.3, 0.4) is 0 Å².